The molecule has 0 aliphatic carbocycles. The number of benzene rings is 1. The molecule has 18 heavy (non-hydrogen) atoms. The predicted octanol–water partition coefficient (Wildman–Crippen LogP) is 3.20. The van der Waals surface area contributed by atoms with Gasteiger partial charge in [0, 0.05) is 23.2 Å². The predicted molar refractivity (Wildman–Crippen MR) is 77.9 cm³/mol. The third-order valence-corrected chi connectivity index (χ3v) is 4.99. The summed E-state index contributed by atoms with van der Waals surface area (Å²) in [5, 5.41) is 14.0. The van der Waals surface area contributed by atoms with Crippen molar-refractivity contribution in [3.05, 3.63) is 38.3 Å². The van der Waals surface area contributed by atoms with Gasteiger partial charge in [-0.25, -0.2) is 0 Å². The molecule has 1 atom stereocenters. The van der Waals surface area contributed by atoms with Gasteiger partial charge in [-0.15, -0.1) is 0 Å². The summed E-state index contributed by atoms with van der Waals surface area (Å²) in [6.45, 7) is 1.77. The summed E-state index contributed by atoms with van der Waals surface area (Å²) in [7, 11) is 0. The van der Waals surface area contributed by atoms with Gasteiger partial charge in [0.05, 0.1) is 4.92 Å². The minimum atomic E-state index is -0.377. The second-order valence-corrected chi connectivity index (χ2v) is 6.40. The summed E-state index contributed by atoms with van der Waals surface area (Å²) in [6.07, 6.45) is 1.29. The molecule has 1 aromatic carbocycles. The quantitative estimate of drug-likeness (QED) is 0.665. The molecule has 1 fully saturated rings. The van der Waals surface area contributed by atoms with E-state index in [1.54, 1.807) is 18.2 Å². The first-order chi connectivity index (χ1) is 8.66. The van der Waals surface area contributed by atoms with E-state index in [1.165, 1.54) is 17.9 Å². The molecule has 0 aromatic heterocycles. The van der Waals surface area contributed by atoms with E-state index in [9.17, 15) is 10.1 Å². The second-order valence-electron chi connectivity index (χ2n) is 4.39. The highest BCUT2D eigenvalue weighted by Crippen LogP contribution is 2.24. The smallest absolute Gasteiger partial charge is 0.270 e. The van der Waals surface area contributed by atoms with Gasteiger partial charge >= 0.3 is 0 Å². The number of halogens is 1. The largest absolute Gasteiger partial charge is 0.312 e. The summed E-state index contributed by atoms with van der Waals surface area (Å²) in [6, 6.07) is 4.91. The van der Waals surface area contributed by atoms with E-state index in [2.05, 4.69) is 21.2 Å². The number of thioether (sulfide) groups is 1. The molecule has 1 heterocycles. The van der Waals surface area contributed by atoms with Crippen molar-refractivity contribution in [3.8, 4) is 0 Å². The molecule has 0 saturated carbocycles. The zero-order valence-electron chi connectivity index (χ0n) is 9.89. The number of hydrogen-bond acceptors (Lipinski definition) is 4. The molecule has 4 nitrogen and oxygen atoms in total. The fraction of sp³-hybridized carbons (Fsp3) is 0.500. The lowest BCUT2D eigenvalue weighted by Crippen LogP contribution is -2.22. The summed E-state index contributed by atoms with van der Waals surface area (Å²) < 4.78 is 0.796. The normalized spacial score (nSPS) is 19.1. The molecule has 1 N–H and O–H groups in total. The maximum Gasteiger partial charge on any atom is 0.270 e. The number of nitrogens with one attached hydrogen (secondary N) is 1. The molecule has 0 amide bonds. The Labute approximate surface area is 119 Å². The van der Waals surface area contributed by atoms with Crippen LogP contribution in [-0.2, 0) is 6.54 Å². The average molecular weight is 331 g/mol. The highest BCUT2D eigenvalue weighted by Gasteiger charge is 2.15. The summed E-state index contributed by atoms with van der Waals surface area (Å²) in [5.41, 5.74) is 1.18. The standard InChI is InChI=1S/C12H15BrN2O2S/c13-12-5-11(15(16)17)2-1-10(12)7-14-6-9-3-4-18-8-9/h1-2,5,9,14H,3-4,6-8H2. The third kappa shape index (κ3) is 3.70. The Balaban J connectivity index is 1.87. The van der Waals surface area contributed by atoms with Crippen molar-refractivity contribution in [1.82, 2.24) is 5.32 Å². The summed E-state index contributed by atoms with van der Waals surface area (Å²) in [4.78, 5) is 10.2. The van der Waals surface area contributed by atoms with Crippen molar-refractivity contribution in [2.24, 2.45) is 5.92 Å². The molecular formula is C12H15BrN2O2S. The monoisotopic (exact) mass is 330 g/mol. The molecule has 1 unspecified atom stereocenters. The zero-order valence-corrected chi connectivity index (χ0v) is 12.3. The molecule has 1 aromatic rings. The first-order valence-electron chi connectivity index (χ1n) is 5.88. The van der Waals surface area contributed by atoms with E-state index < -0.39 is 0 Å². The van der Waals surface area contributed by atoms with Crippen LogP contribution in [0.3, 0.4) is 0 Å². The third-order valence-electron chi connectivity index (χ3n) is 3.02. The Morgan fingerprint density at radius 1 is 1.56 bits per heavy atom. The highest BCUT2D eigenvalue weighted by molar-refractivity contribution is 9.10. The summed E-state index contributed by atoms with van der Waals surface area (Å²) >= 11 is 5.39. The molecule has 98 valence electrons. The van der Waals surface area contributed by atoms with E-state index >= 15 is 0 Å². The number of nitro benzene ring substituents is 1. The van der Waals surface area contributed by atoms with Crippen LogP contribution in [0, 0.1) is 16.0 Å². The molecule has 1 aliphatic heterocycles. The molecular weight excluding hydrogens is 316 g/mol. The Hall–Kier alpha value is -0.590. The second kappa shape index (κ2) is 6.54. The van der Waals surface area contributed by atoms with Gasteiger partial charge < -0.3 is 5.32 Å². The van der Waals surface area contributed by atoms with E-state index in [1.807, 2.05) is 11.8 Å². The molecule has 0 bridgehead atoms. The number of non-ortho nitro benzene ring substituents is 1. The van der Waals surface area contributed by atoms with E-state index in [0.717, 1.165) is 29.0 Å². The van der Waals surface area contributed by atoms with Gasteiger partial charge in [-0.2, -0.15) is 11.8 Å². The number of rotatable bonds is 5. The van der Waals surface area contributed by atoms with Crippen molar-refractivity contribution in [2.45, 2.75) is 13.0 Å². The fourth-order valence-corrected chi connectivity index (χ4v) is 3.74. The SMILES string of the molecule is O=[N+]([O-])c1ccc(CNCC2CCSC2)c(Br)c1. The van der Waals surface area contributed by atoms with Gasteiger partial charge in [0.25, 0.3) is 5.69 Å². The maximum atomic E-state index is 10.6. The lowest BCUT2D eigenvalue weighted by molar-refractivity contribution is -0.384. The number of nitro groups is 1. The first kappa shape index (κ1) is 13.8. The van der Waals surface area contributed by atoms with Crippen molar-refractivity contribution in [2.75, 3.05) is 18.1 Å². The van der Waals surface area contributed by atoms with Crippen LogP contribution in [0.4, 0.5) is 5.69 Å². The van der Waals surface area contributed by atoms with E-state index in [4.69, 9.17) is 0 Å². The van der Waals surface area contributed by atoms with Crippen LogP contribution in [-0.4, -0.2) is 23.0 Å². The molecule has 2 rings (SSSR count). The van der Waals surface area contributed by atoms with Gasteiger partial charge in [-0.1, -0.05) is 15.9 Å². The minimum absolute atomic E-state index is 0.123. The molecule has 1 aliphatic rings. The van der Waals surface area contributed by atoms with Crippen LogP contribution in [0.25, 0.3) is 0 Å². The molecule has 0 spiro atoms. The van der Waals surface area contributed by atoms with Gasteiger partial charge in [0.1, 0.15) is 0 Å². The molecule has 1 saturated heterocycles. The topological polar surface area (TPSA) is 55.2 Å². The van der Waals surface area contributed by atoms with Crippen LogP contribution in [0.15, 0.2) is 22.7 Å². The minimum Gasteiger partial charge on any atom is -0.312 e. The van der Waals surface area contributed by atoms with Gasteiger partial charge in [0.15, 0.2) is 0 Å². The van der Waals surface area contributed by atoms with Gasteiger partial charge in [0.2, 0.25) is 0 Å². The summed E-state index contributed by atoms with van der Waals surface area (Å²) in [5.74, 6) is 3.29. The average Bonchev–Trinajstić information content (AvgIpc) is 2.84. The van der Waals surface area contributed by atoms with Crippen molar-refractivity contribution >= 4 is 33.4 Å². The van der Waals surface area contributed by atoms with E-state index in [0.29, 0.717) is 0 Å². The Bertz CT molecular complexity index is 436. The zero-order chi connectivity index (χ0) is 13.0. The highest BCUT2D eigenvalue weighted by atomic mass is 79.9. The lowest BCUT2D eigenvalue weighted by Gasteiger charge is -2.10. The Morgan fingerprint density at radius 3 is 3.00 bits per heavy atom. The molecule has 0 radical (unpaired) electrons. The first-order valence-corrected chi connectivity index (χ1v) is 7.83. The van der Waals surface area contributed by atoms with E-state index in [-0.39, 0.29) is 10.6 Å². The van der Waals surface area contributed by atoms with Gasteiger partial charge in [-0.3, -0.25) is 10.1 Å². The van der Waals surface area contributed by atoms with Crippen molar-refractivity contribution < 1.29 is 4.92 Å². The van der Waals surface area contributed by atoms with Crippen LogP contribution in [0.1, 0.15) is 12.0 Å². The maximum absolute atomic E-state index is 10.6. The van der Waals surface area contributed by atoms with Crippen LogP contribution in [0.2, 0.25) is 0 Å². The van der Waals surface area contributed by atoms with Gasteiger partial charge in [-0.05, 0) is 42.0 Å². The Kier molecular flexibility index (Phi) is 5.03. The fourth-order valence-electron chi connectivity index (χ4n) is 1.95. The van der Waals surface area contributed by atoms with Crippen LogP contribution >= 0.6 is 27.7 Å². The van der Waals surface area contributed by atoms with Crippen molar-refractivity contribution in [1.29, 1.82) is 0 Å². The Morgan fingerprint density at radius 2 is 2.39 bits per heavy atom. The molecule has 6 heteroatoms. The van der Waals surface area contributed by atoms with Crippen molar-refractivity contribution in [3.63, 3.8) is 0 Å². The lowest BCUT2D eigenvalue weighted by atomic mass is 10.1. The number of nitrogens with zero attached hydrogens (tertiary/aromatic N) is 1. The van der Waals surface area contributed by atoms with Crippen LogP contribution in [0.5, 0.6) is 0 Å². The van der Waals surface area contributed by atoms with Crippen LogP contribution < -0.4 is 5.32 Å². The number of hydrogen-bond donors (Lipinski definition) is 1.